The van der Waals surface area contributed by atoms with Gasteiger partial charge in [0.15, 0.2) is 0 Å². The van der Waals surface area contributed by atoms with Gasteiger partial charge < -0.3 is 0 Å². The summed E-state index contributed by atoms with van der Waals surface area (Å²) in [4.78, 5) is 0. The number of hydrogen-bond acceptors (Lipinski definition) is 0. The minimum Gasteiger partial charge on any atom is -0.0804 e. The first-order chi connectivity index (χ1) is 5.20. The third-order valence-electron chi connectivity index (χ3n) is 3.10. The van der Waals surface area contributed by atoms with E-state index in [1.54, 1.807) is 16.7 Å². The molecule has 0 nitrogen and oxygen atoms in total. The van der Waals surface area contributed by atoms with E-state index in [-0.39, 0.29) is 0 Å². The van der Waals surface area contributed by atoms with Crippen molar-refractivity contribution in [3.8, 4) is 0 Å². The Morgan fingerprint density at radius 3 is 2.45 bits per heavy atom. The van der Waals surface area contributed by atoms with Crippen molar-refractivity contribution in [2.45, 2.75) is 33.6 Å². The highest BCUT2D eigenvalue weighted by atomic mass is 14.4. The molecule has 0 heteroatoms. The zero-order valence-corrected chi connectivity index (χ0v) is 7.65. The SMILES string of the molecule is CC(C)=C1C2=CCC1C(C)C2. The van der Waals surface area contributed by atoms with Crippen molar-refractivity contribution in [3.63, 3.8) is 0 Å². The molecule has 0 radical (unpaired) electrons. The Kier molecular flexibility index (Phi) is 1.45. The molecule has 0 amide bonds. The average Bonchev–Trinajstić information content (AvgIpc) is 2.41. The van der Waals surface area contributed by atoms with E-state index < -0.39 is 0 Å². The van der Waals surface area contributed by atoms with Crippen molar-refractivity contribution in [1.29, 1.82) is 0 Å². The van der Waals surface area contributed by atoms with Crippen molar-refractivity contribution in [2.24, 2.45) is 11.8 Å². The molecule has 0 saturated heterocycles. The van der Waals surface area contributed by atoms with Gasteiger partial charge >= 0.3 is 0 Å². The Hall–Kier alpha value is -0.520. The minimum absolute atomic E-state index is 0.884. The van der Waals surface area contributed by atoms with Crippen LogP contribution in [-0.4, -0.2) is 0 Å². The van der Waals surface area contributed by atoms with Gasteiger partial charge in [-0.25, -0.2) is 0 Å². The smallest absolute Gasteiger partial charge is 0.00963 e. The fraction of sp³-hybridized carbons (Fsp3) is 0.636. The summed E-state index contributed by atoms with van der Waals surface area (Å²) < 4.78 is 0. The molecule has 0 aliphatic heterocycles. The summed E-state index contributed by atoms with van der Waals surface area (Å²) in [5, 5.41) is 0. The fourth-order valence-electron chi connectivity index (χ4n) is 2.63. The van der Waals surface area contributed by atoms with Crippen LogP contribution in [0.2, 0.25) is 0 Å². The fourth-order valence-corrected chi connectivity index (χ4v) is 2.63. The van der Waals surface area contributed by atoms with Crippen LogP contribution in [0.1, 0.15) is 33.6 Å². The van der Waals surface area contributed by atoms with Crippen molar-refractivity contribution in [2.75, 3.05) is 0 Å². The van der Waals surface area contributed by atoms with Crippen LogP contribution in [-0.2, 0) is 0 Å². The Morgan fingerprint density at radius 1 is 1.45 bits per heavy atom. The van der Waals surface area contributed by atoms with Crippen LogP contribution in [0.5, 0.6) is 0 Å². The molecule has 2 aliphatic rings. The van der Waals surface area contributed by atoms with Crippen molar-refractivity contribution in [1.82, 2.24) is 0 Å². The molecule has 0 aromatic heterocycles. The molecule has 0 aromatic carbocycles. The molecule has 2 atom stereocenters. The summed E-state index contributed by atoms with van der Waals surface area (Å²) in [5.74, 6) is 1.80. The molecule has 1 fully saturated rings. The van der Waals surface area contributed by atoms with Gasteiger partial charge in [-0.3, -0.25) is 0 Å². The van der Waals surface area contributed by atoms with Gasteiger partial charge in [-0.2, -0.15) is 0 Å². The third-order valence-corrected chi connectivity index (χ3v) is 3.10. The van der Waals surface area contributed by atoms with Crippen LogP contribution in [0.25, 0.3) is 0 Å². The van der Waals surface area contributed by atoms with E-state index in [2.05, 4.69) is 26.8 Å². The van der Waals surface area contributed by atoms with Crippen LogP contribution >= 0.6 is 0 Å². The second kappa shape index (κ2) is 2.23. The summed E-state index contributed by atoms with van der Waals surface area (Å²) >= 11 is 0. The average molecular weight is 148 g/mol. The summed E-state index contributed by atoms with van der Waals surface area (Å²) in [5.41, 5.74) is 4.89. The Morgan fingerprint density at radius 2 is 2.18 bits per heavy atom. The first-order valence-corrected chi connectivity index (χ1v) is 4.57. The maximum Gasteiger partial charge on any atom is -0.00963 e. The lowest BCUT2D eigenvalue weighted by molar-refractivity contribution is 0.457. The highest BCUT2D eigenvalue weighted by molar-refractivity contribution is 5.45. The molecular formula is C11H16. The van der Waals surface area contributed by atoms with Crippen LogP contribution in [0, 0.1) is 11.8 Å². The van der Waals surface area contributed by atoms with Crippen molar-refractivity contribution in [3.05, 3.63) is 22.8 Å². The number of fused-ring (bicyclic) bond motifs is 2. The minimum atomic E-state index is 0.884. The standard InChI is InChI=1S/C11H16/c1-7(2)11-9-4-5-10(11)8(3)6-9/h4,8,10H,5-6H2,1-3H3. The molecule has 2 unspecified atom stereocenters. The molecule has 0 aromatic rings. The monoisotopic (exact) mass is 148 g/mol. The normalized spacial score (nSPS) is 34.5. The molecule has 2 rings (SSSR count). The van der Waals surface area contributed by atoms with Crippen LogP contribution in [0.15, 0.2) is 22.8 Å². The maximum atomic E-state index is 2.44. The molecule has 11 heavy (non-hydrogen) atoms. The van der Waals surface area contributed by atoms with Gasteiger partial charge in [0, 0.05) is 0 Å². The largest absolute Gasteiger partial charge is 0.0804 e. The zero-order chi connectivity index (χ0) is 8.01. The topological polar surface area (TPSA) is 0 Å². The van der Waals surface area contributed by atoms with E-state index in [0.29, 0.717) is 0 Å². The van der Waals surface area contributed by atoms with E-state index >= 15 is 0 Å². The van der Waals surface area contributed by atoms with Crippen molar-refractivity contribution < 1.29 is 0 Å². The second-order valence-corrected chi connectivity index (χ2v) is 4.17. The van der Waals surface area contributed by atoms with Gasteiger partial charge in [-0.15, -0.1) is 0 Å². The highest BCUT2D eigenvalue weighted by Crippen LogP contribution is 2.49. The predicted molar refractivity (Wildman–Crippen MR) is 48.3 cm³/mol. The first-order valence-electron chi connectivity index (χ1n) is 4.57. The Labute approximate surface area is 69.0 Å². The van der Waals surface area contributed by atoms with Gasteiger partial charge in [0.1, 0.15) is 0 Å². The number of allylic oxidation sites excluding steroid dienone is 4. The molecular weight excluding hydrogens is 132 g/mol. The maximum absolute atomic E-state index is 2.44. The zero-order valence-electron chi connectivity index (χ0n) is 7.65. The Bertz CT molecular complexity index is 239. The lowest BCUT2D eigenvalue weighted by Crippen LogP contribution is -2.03. The summed E-state index contributed by atoms with van der Waals surface area (Å²) in [7, 11) is 0. The Balaban J connectivity index is 2.43. The van der Waals surface area contributed by atoms with Crippen LogP contribution in [0.3, 0.4) is 0 Å². The molecule has 60 valence electrons. The molecule has 0 N–H and O–H groups in total. The lowest BCUT2D eigenvalue weighted by Gasteiger charge is -2.13. The summed E-state index contributed by atoms with van der Waals surface area (Å²) in [6.07, 6.45) is 5.09. The lowest BCUT2D eigenvalue weighted by atomic mass is 9.92. The molecule has 1 saturated carbocycles. The number of rotatable bonds is 0. The second-order valence-electron chi connectivity index (χ2n) is 4.17. The van der Waals surface area contributed by atoms with E-state index in [1.807, 2.05) is 0 Å². The van der Waals surface area contributed by atoms with E-state index in [4.69, 9.17) is 0 Å². The van der Waals surface area contributed by atoms with Gasteiger partial charge in [-0.05, 0) is 49.7 Å². The van der Waals surface area contributed by atoms with E-state index in [0.717, 1.165) is 11.8 Å². The van der Waals surface area contributed by atoms with E-state index in [9.17, 15) is 0 Å². The van der Waals surface area contributed by atoms with Gasteiger partial charge in [0.05, 0.1) is 0 Å². The van der Waals surface area contributed by atoms with Crippen molar-refractivity contribution >= 4 is 0 Å². The third kappa shape index (κ3) is 0.885. The molecule has 2 aliphatic carbocycles. The molecule has 0 heterocycles. The molecule has 2 bridgehead atoms. The van der Waals surface area contributed by atoms with Crippen LogP contribution < -0.4 is 0 Å². The van der Waals surface area contributed by atoms with Gasteiger partial charge in [-0.1, -0.05) is 18.6 Å². The summed E-state index contributed by atoms with van der Waals surface area (Å²) in [6, 6.07) is 0. The van der Waals surface area contributed by atoms with Gasteiger partial charge in [0.25, 0.3) is 0 Å². The predicted octanol–water partition coefficient (Wildman–Crippen LogP) is 3.31. The first kappa shape index (κ1) is 7.15. The molecule has 0 spiro atoms. The number of hydrogen-bond donors (Lipinski definition) is 0. The highest BCUT2D eigenvalue weighted by Gasteiger charge is 2.35. The van der Waals surface area contributed by atoms with Crippen LogP contribution in [0.4, 0.5) is 0 Å². The van der Waals surface area contributed by atoms with E-state index in [1.165, 1.54) is 12.8 Å². The van der Waals surface area contributed by atoms with Gasteiger partial charge in [0.2, 0.25) is 0 Å². The quantitative estimate of drug-likeness (QED) is 0.494. The summed E-state index contributed by atoms with van der Waals surface area (Å²) in [6.45, 7) is 6.88.